The lowest BCUT2D eigenvalue weighted by molar-refractivity contribution is -0.145. The summed E-state index contributed by atoms with van der Waals surface area (Å²) in [5.41, 5.74) is 0.753. The summed E-state index contributed by atoms with van der Waals surface area (Å²) in [7, 11) is 1.66. The second-order valence-electron chi connectivity index (χ2n) is 4.96. The number of carboxylic acids is 1. The second-order valence-corrected chi connectivity index (χ2v) is 6.22. The summed E-state index contributed by atoms with van der Waals surface area (Å²) in [4.78, 5) is 25.1. The normalized spacial score (nSPS) is 23.6. The first-order chi connectivity index (χ1) is 9.41. The standard InChI is InChI=1S/C14H15BrClNO3/c1-17-12(18)4-2-3-9(14(19)20)13(17)8-5-6-10(15)11(16)7-8/h5-7,9,13H,2-4H2,1H3,(H,19,20). The zero-order valence-electron chi connectivity index (χ0n) is 11.0. The lowest BCUT2D eigenvalue weighted by atomic mass is 9.89. The van der Waals surface area contributed by atoms with Crippen molar-refractivity contribution < 1.29 is 14.7 Å². The van der Waals surface area contributed by atoms with Gasteiger partial charge in [0.1, 0.15) is 0 Å². The first-order valence-corrected chi connectivity index (χ1v) is 7.52. The Morgan fingerprint density at radius 1 is 1.50 bits per heavy atom. The van der Waals surface area contributed by atoms with Crippen LogP contribution in [0.4, 0.5) is 0 Å². The van der Waals surface area contributed by atoms with Gasteiger partial charge < -0.3 is 10.0 Å². The maximum atomic E-state index is 12.0. The highest BCUT2D eigenvalue weighted by atomic mass is 79.9. The highest BCUT2D eigenvalue weighted by Crippen LogP contribution is 2.37. The van der Waals surface area contributed by atoms with E-state index in [1.54, 1.807) is 19.2 Å². The number of halogens is 2. The van der Waals surface area contributed by atoms with Gasteiger partial charge in [-0.05, 0) is 46.5 Å². The number of nitrogens with zero attached hydrogens (tertiary/aromatic N) is 1. The minimum absolute atomic E-state index is 0.0298. The number of rotatable bonds is 2. The van der Waals surface area contributed by atoms with E-state index < -0.39 is 17.9 Å². The number of amides is 1. The van der Waals surface area contributed by atoms with Gasteiger partial charge in [0.15, 0.2) is 0 Å². The minimum Gasteiger partial charge on any atom is -0.481 e. The fourth-order valence-corrected chi connectivity index (χ4v) is 3.08. The number of carboxylic acid groups (broad SMARTS) is 1. The number of carbonyl (C=O) groups is 2. The van der Waals surface area contributed by atoms with Gasteiger partial charge in [0, 0.05) is 17.9 Å². The largest absolute Gasteiger partial charge is 0.481 e. The Morgan fingerprint density at radius 2 is 2.20 bits per heavy atom. The maximum Gasteiger partial charge on any atom is 0.308 e. The molecule has 108 valence electrons. The topological polar surface area (TPSA) is 57.6 Å². The Kier molecular flexibility index (Phi) is 4.70. The van der Waals surface area contributed by atoms with Crippen molar-refractivity contribution in [2.75, 3.05) is 7.05 Å². The smallest absolute Gasteiger partial charge is 0.308 e. The highest BCUT2D eigenvalue weighted by Gasteiger charge is 2.36. The Labute approximate surface area is 130 Å². The van der Waals surface area contributed by atoms with Crippen molar-refractivity contribution in [2.45, 2.75) is 25.3 Å². The molecular weight excluding hydrogens is 346 g/mol. The highest BCUT2D eigenvalue weighted by molar-refractivity contribution is 9.10. The molecule has 1 amide bonds. The average Bonchev–Trinajstić information content (AvgIpc) is 2.54. The van der Waals surface area contributed by atoms with E-state index in [1.165, 1.54) is 4.90 Å². The van der Waals surface area contributed by atoms with Crippen molar-refractivity contribution in [3.8, 4) is 0 Å². The molecule has 1 aromatic rings. The van der Waals surface area contributed by atoms with Gasteiger partial charge in [-0.15, -0.1) is 0 Å². The molecule has 0 aromatic heterocycles. The van der Waals surface area contributed by atoms with Crippen LogP contribution in [-0.4, -0.2) is 28.9 Å². The van der Waals surface area contributed by atoms with Crippen molar-refractivity contribution >= 4 is 39.4 Å². The Bertz CT molecular complexity index is 549. The molecule has 0 spiro atoms. The third-order valence-electron chi connectivity index (χ3n) is 3.70. The van der Waals surface area contributed by atoms with E-state index in [-0.39, 0.29) is 5.91 Å². The van der Waals surface area contributed by atoms with Crippen molar-refractivity contribution in [2.24, 2.45) is 5.92 Å². The fourth-order valence-electron chi connectivity index (χ4n) is 2.64. The Hall–Kier alpha value is -1.07. The van der Waals surface area contributed by atoms with E-state index >= 15 is 0 Å². The van der Waals surface area contributed by atoms with Gasteiger partial charge in [0.05, 0.1) is 17.0 Å². The maximum absolute atomic E-state index is 12.0. The quantitative estimate of drug-likeness (QED) is 0.878. The van der Waals surface area contributed by atoms with Crippen LogP contribution in [0, 0.1) is 5.92 Å². The molecule has 1 N–H and O–H groups in total. The zero-order valence-corrected chi connectivity index (χ0v) is 13.3. The Balaban J connectivity index is 2.47. The number of aliphatic carboxylic acids is 1. The van der Waals surface area contributed by atoms with Crippen LogP contribution < -0.4 is 0 Å². The van der Waals surface area contributed by atoms with E-state index in [9.17, 15) is 14.7 Å². The summed E-state index contributed by atoms with van der Waals surface area (Å²) < 4.78 is 0.748. The summed E-state index contributed by atoms with van der Waals surface area (Å²) in [5, 5.41) is 9.95. The lowest BCUT2D eigenvalue weighted by Crippen LogP contribution is -2.36. The average molecular weight is 361 g/mol. The van der Waals surface area contributed by atoms with Gasteiger partial charge >= 0.3 is 5.97 Å². The molecule has 0 saturated carbocycles. The lowest BCUT2D eigenvalue weighted by Gasteiger charge is -2.31. The van der Waals surface area contributed by atoms with Crippen molar-refractivity contribution in [3.63, 3.8) is 0 Å². The van der Waals surface area contributed by atoms with Crippen molar-refractivity contribution in [3.05, 3.63) is 33.3 Å². The van der Waals surface area contributed by atoms with Crippen LogP contribution in [0.15, 0.2) is 22.7 Å². The molecule has 1 aliphatic rings. The van der Waals surface area contributed by atoms with Crippen LogP contribution in [0.5, 0.6) is 0 Å². The molecule has 2 atom stereocenters. The van der Waals surface area contributed by atoms with E-state index in [2.05, 4.69) is 15.9 Å². The van der Waals surface area contributed by atoms with Crippen LogP contribution in [0.2, 0.25) is 5.02 Å². The molecular formula is C14H15BrClNO3. The monoisotopic (exact) mass is 359 g/mol. The number of hydrogen-bond donors (Lipinski definition) is 1. The number of benzene rings is 1. The third-order valence-corrected chi connectivity index (χ3v) is 4.93. The van der Waals surface area contributed by atoms with Crippen LogP contribution >= 0.6 is 27.5 Å². The van der Waals surface area contributed by atoms with E-state index in [0.29, 0.717) is 24.3 Å². The van der Waals surface area contributed by atoms with Gasteiger partial charge in [-0.2, -0.15) is 0 Å². The molecule has 1 saturated heterocycles. The number of hydrogen-bond acceptors (Lipinski definition) is 2. The number of carbonyl (C=O) groups excluding carboxylic acids is 1. The molecule has 4 nitrogen and oxygen atoms in total. The van der Waals surface area contributed by atoms with Crippen LogP contribution in [0.1, 0.15) is 30.9 Å². The predicted octanol–water partition coefficient (Wildman–Crippen LogP) is 3.49. The van der Waals surface area contributed by atoms with Gasteiger partial charge in [-0.3, -0.25) is 9.59 Å². The van der Waals surface area contributed by atoms with E-state index in [0.717, 1.165) is 10.0 Å². The van der Waals surface area contributed by atoms with Crippen molar-refractivity contribution in [1.82, 2.24) is 4.90 Å². The SMILES string of the molecule is CN1C(=O)CCCC(C(=O)O)C1c1ccc(Br)c(Cl)c1. The zero-order chi connectivity index (χ0) is 14.9. The molecule has 6 heteroatoms. The third kappa shape index (κ3) is 2.99. The summed E-state index contributed by atoms with van der Waals surface area (Å²) in [6, 6.07) is 4.83. The number of likely N-dealkylation sites (tertiary alicyclic amines) is 1. The van der Waals surface area contributed by atoms with Crippen LogP contribution in [-0.2, 0) is 9.59 Å². The minimum atomic E-state index is -0.879. The molecule has 0 aliphatic carbocycles. The molecule has 2 unspecified atom stereocenters. The van der Waals surface area contributed by atoms with Gasteiger partial charge in [-0.1, -0.05) is 17.7 Å². The van der Waals surface area contributed by atoms with E-state index in [4.69, 9.17) is 11.6 Å². The van der Waals surface area contributed by atoms with Crippen LogP contribution in [0.25, 0.3) is 0 Å². The predicted molar refractivity (Wildman–Crippen MR) is 79.6 cm³/mol. The molecule has 1 aromatic carbocycles. The second kappa shape index (κ2) is 6.14. The van der Waals surface area contributed by atoms with Gasteiger partial charge in [0.2, 0.25) is 5.91 Å². The molecule has 2 rings (SSSR count). The molecule has 0 radical (unpaired) electrons. The summed E-state index contributed by atoms with van der Waals surface area (Å²) in [6.07, 6.45) is 1.48. The summed E-state index contributed by atoms with van der Waals surface area (Å²) in [6.45, 7) is 0. The molecule has 20 heavy (non-hydrogen) atoms. The summed E-state index contributed by atoms with van der Waals surface area (Å²) in [5.74, 6) is -1.52. The van der Waals surface area contributed by atoms with Gasteiger partial charge in [0.25, 0.3) is 0 Å². The van der Waals surface area contributed by atoms with Crippen molar-refractivity contribution in [1.29, 1.82) is 0 Å². The Morgan fingerprint density at radius 3 is 2.80 bits per heavy atom. The summed E-state index contributed by atoms with van der Waals surface area (Å²) >= 11 is 9.40. The molecule has 1 heterocycles. The van der Waals surface area contributed by atoms with E-state index in [1.807, 2.05) is 6.07 Å². The van der Waals surface area contributed by atoms with Crippen LogP contribution in [0.3, 0.4) is 0 Å². The fraction of sp³-hybridized carbons (Fsp3) is 0.429. The molecule has 1 aliphatic heterocycles. The first kappa shape index (κ1) is 15.3. The first-order valence-electron chi connectivity index (χ1n) is 6.35. The van der Waals surface area contributed by atoms with Gasteiger partial charge in [-0.25, -0.2) is 0 Å². The molecule has 0 bridgehead atoms. The molecule has 1 fully saturated rings.